The summed E-state index contributed by atoms with van der Waals surface area (Å²) in [6.45, 7) is -0.0723. The van der Waals surface area contributed by atoms with Crippen molar-refractivity contribution in [3.63, 3.8) is 0 Å². The Morgan fingerprint density at radius 2 is 1.57 bits per heavy atom. The van der Waals surface area contributed by atoms with E-state index < -0.39 is 0 Å². The predicted molar refractivity (Wildman–Crippen MR) is 115 cm³/mol. The molecule has 8 nitrogen and oxygen atoms in total. The van der Waals surface area contributed by atoms with Gasteiger partial charge >= 0.3 is 0 Å². The van der Waals surface area contributed by atoms with Gasteiger partial charge in [-0.2, -0.15) is 9.90 Å². The van der Waals surface area contributed by atoms with Crippen molar-refractivity contribution in [2.45, 2.75) is 6.54 Å². The van der Waals surface area contributed by atoms with E-state index in [1.165, 1.54) is 4.80 Å². The lowest BCUT2D eigenvalue weighted by Crippen LogP contribution is -2.24. The number of hydrogen-bond acceptors (Lipinski definition) is 6. The first-order chi connectivity index (χ1) is 14.8. The van der Waals surface area contributed by atoms with Crippen molar-refractivity contribution in [3.8, 4) is 11.4 Å². The Morgan fingerprint density at radius 3 is 2.30 bits per heavy atom. The Balaban J connectivity index is 1.28. The van der Waals surface area contributed by atoms with Gasteiger partial charge in [0.2, 0.25) is 5.82 Å². The van der Waals surface area contributed by atoms with Crippen molar-refractivity contribution >= 4 is 23.5 Å². The smallest absolute Gasteiger partial charge is 0.263 e. The molecule has 8 heteroatoms. The van der Waals surface area contributed by atoms with Crippen LogP contribution in [0.2, 0.25) is 0 Å². The number of anilines is 2. The fourth-order valence-corrected chi connectivity index (χ4v) is 2.70. The highest BCUT2D eigenvalue weighted by Crippen LogP contribution is 2.16. The number of para-hydroxylation sites is 1. The number of benzene rings is 3. The van der Waals surface area contributed by atoms with E-state index in [0.29, 0.717) is 5.82 Å². The van der Waals surface area contributed by atoms with Crippen molar-refractivity contribution in [3.05, 3.63) is 90.5 Å². The molecule has 0 radical (unpaired) electrons. The van der Waals surface area contributed by atoms with Crippen LogP contribution in [0.25, 0.3) is 11.4 Å². The number of hydrazone groups is 1. The van der Waals surface area contributed by atoms with Crippen molar-refractivity contribution in [1.82, 2.24) is 25.6 Å². The maximum absolute atomic E-state index is 12.0. The molecule has 0 spiro atoms. The molecule has 0 fully saturated rings. The van der Waals surface area contributed by atoms with E-state index in [9.17, 15) is 4.79 Å². The molecule has 4 aromatic rings. The third-order valence-corrected chi connectivity index (χ3v) is 4.15. The summed E-state index contributed by atoms with van der Waals surface area (Å²) in [4.78, 5) is 13.3. The van der Waals surface area contributed by atoms with Crippen LogP contribution in [0, 0.1) is 0 Å². The summed E-state index contributed by atoms with van der Waals surface area (Å²) in [7, 11) is 0. The molecule has 0 saturated carbocycles. The molecule has 1 amide bonds. The molecule has 2 N–H and O–H groups in total. The van der Waals surface area contributed by atoms with Crippen LogP contribution in [0.5, 0.6) is 0 Å². The Kier molecular flexibility index (Phi) is 5.86. The van der Waals surface area contributed by atoms with Crippen molar-refractivity contribution in [2.75, 3.05) is 5.32 Å². The number of aromatic nitrogens is 4. The van der Waals surface area contributed by atoms with E-state index in [1.54, 1.807) is 6.21 Å². The zero-order valence-electron chi connectivity index (χ0n) is 16.0. The van der Waals surface area contributed by atoms with Gasteiger partial charge in [0.25, 0.3) is 5.91 Å². The minimum Gasteiger partial charge on any atom is -0.356 e. The molecule has 30 heavy (non-hydrogen) atoms. The van der Waals surface area contributed by atoms with Gasteiger partial charge in [-0.1, -0.05) is 60.7 Å². The zero-order valence-corrected chi connectivity index (χ0v) is 16.0. The summed E-state index contributed by atoms with van der Waals surface area (Å²) in [6, 6.07) is 27.1. The molecule has 0 aliphatic carbocycles. The van der Waals surface area contributed by atoms with E-state index in [-0.39, 0.29) is 12.5 Å². The Hall–Kier alpha value is -4.33. The first-order valence-corrected chi connectivity index (χ1v) is 9.33. The van der Waals surface area contributed by atoms with Crippen LogP contribution in [0.1, 0.15) is 5.56 Å². The summed E-state index contributed by atoms with van der Waals surface area (Å²) in [5, 5.41) is 19.4. The van der Waals surface area contributed by atoms with Gasteiger partial charge in [0.05, 0.1) is 6.21 Å². The highest BCUT2D eigenvalue weighted by atomic mass is 16.2. The molecule has 0 aliphatic rings. The highest BCUT2D eigenvalue weighted by Gasteiger charge is 2.08. The van der Waals surface area contributed by atoms with Crippen LogP contribution in [-0.4, -0.2) is 32.3 Å². The van der Waals surface area contributed by atoms with Gasteiger partial charge in [-0.3, -0.25) is 4.79 Å². The average molecular weight is 397 g/mol. The third kappa shape index (κ3) is 5.14. The topological polar surface area (TPSA) is 97.1 Å². The summed E-state index contributed by atoms with van der Waals surface area (Å²) < 4.78 is 0. The first-order valence-electron chi connectivity index (χ1n) is 9.33. The molecule has 0 saturated heterocycles. The van der Waals surface area contributed by atoms with E-state index >= 15 is 0 Å². The minimum absolute atomic E-state index is 0.0723. The van der Waals surface area contributed by atoms with E-state index in [2.05, 4.69) is 31.3 Å². The quantitative estimate of drug-likeness (QED) is 0.369. The second-order valence-corrected chi connectivity index (χ2v) is 6.42. The van der Waals surface area contributed by atoms with E-state index in [4.69, 9.17) is 0 Å². The van der Waals surface area contributed by atoms with Gasteiger partial charge in [-0.25, -0.2) is 5.43 Å². The standard InChI is InChI=1S/C22H19N7O/c30-21(16-29-27-22(26-28-29)18-7-3-1-4-8-18)25-23-15-17-11-13-20(14-12-17)24-19-9-5-2-6-10-19/h1-15,24H,16H2,(H,25,30)/b23-15-. The number of hydrogen-bond donors (Lipinski definition) is 2. The van der Waals surface area contributed by atoms with Crippen LogP contribution >= 0.6 is 0 Å². The van der Waals surface area contributed by atoms with Crippen molar-refractivity contribution in [2.24, 2.45) is 5.10 Å². The molecular formula is C22H19N7O. The summed E-state index contributed by atoms with van der Waals surface area (Å²) >= 11 is 0. The van der Waals surface area contributed by atoms with Gasteiger partial charge in [-0.15, -0.1) is 10.2 Å². The summed E-state index contributed by atoms with van der Waals surface area (Å²) in [5.41, 5.74) is 6.15. The van der Waals surface area contributed by atoms with E-state index in [1.807, 2.05) is 84.9 Å². The minimum atomic E-state index is -0.342. The second-order valence-electron chi connectivity index (χ2n) is 6.42. The molecule has 0 aliphatic heterocycles. The molecule has 1 heterocycles. The number of carbonyl (C=O) groups excluding carboxylic acids is 1. The first kappa shape index (κ1) is 19.0. The number of rotatable bonds is 7. The number of nitrogens with one attached hydrogen (secondary N) is 2. The summed E-state index contributed by atoms with van der Waals surface area (Å²) in [6.07, 6.45) is 1.58. The lowest BCUT2D eigenvalue weighted by atomic mass is 10.2. The van der Waals surface area contributed by atoms with Crippen LogP contribution < -0.4 is 10.7 Å². The Labute approximate surface area is 173 Å². The lowest BCUT2D eigenvalue weighted by Gasteiger charge is -2.06. The number of amides is 1. The molecular weight excluding hydrogens is 378 g/mol. The normalized spacial score (nSPS) is 10.8. The fourth-order valence-electron chi connectivity index (χ4n) is 2.70. The average Bonchev–Trinajstić information content (AvgIpc) is 3.25. The number of tetrazole rings is 1. The Morgan fingerprint density at radius 1 is 0.900 bits per heavy atom. The lowest BCUT2D eigenvalue weighted by molar-refractivity contribution is -0.122. The molecule has 4 rings (SSSR count). The third-order valence-electron chi connectivity index (χ3n) is 4.15. The molecule has 1 aromatic heterocycles. The van der Waals surface area contributed by atoms with Crippen molar-refractivity contribution in [1.29, 1.82) is 0 Å². The van der Waals surface area contributed by atoms with Crippen LogP contribution in [0.3, 0.4) is 0 Å². The molecule has 148 valence electrons. The Bertz CT molecular complexity index is 1120. The maximum atomic E-state index is 12.0. The summed E-state index contributed by atoms with van der Waals surface area (Å²) in [5.74, 6) is 0.127. The van der Waals surface area contributed by atoms with Crippen LogP contribution in [0.15, 0.2) is 90.0 Å². The van der Waals surface area contributed by atoms with Gasteiger partial charge in [-0.05, 0) is 35.0 Å². The van der Waals surface area contributed by atoms with Gasteiger partial charge in [0, 0.05) is 16.9 Å². The van der Waals surface area contributed by atoms with Gasteiger partial charge in [0.1, 0.15) is 6.54 Å². The largest absolute Gasteiger partial charge is 0.356 e. The van der Waals surface area contributed by atoms with Gasteiger partial charge in [0.15, 0.2) is 0 Å². The molecule has 0 bridgehead atoms. The number of nitrogens with zero attached hydrogens (tertiary/aromatic N) is 5. The SMILES string of the molecule is O=C(Cn1nnc(-c2ccccc2)n1)N/N=C\c1ccc(Nc2ccccc2)cc1. The zero-order chi connectivity index (χ0) is 20.6. The monoisotopic (exact) mass is 397 g/mol. The maximum Gasteiger partial charge on any atom is 0.263 e. The fraction of sp³-hybridized carbons (Fsp3) is 0.0455. The molecule has 3 aromatic carbocycles. The van der Waals surface area contributed by atoms with Crippen LogP contribution in [0.4, 0.5) is 11.4 Å². The van der Waals surface area contributed by atoms with Crippen molar-refractivity contribution < 1.29 is 4.79 Å². The molecule has 0 unspecified atom stereocenters. The highest BCUT2D eigenvalue weighted by molar-refractivity contribution is 5.83. The van der Waals surface area contributed by atoms with Gasteiger partial charge < -0.3 is 5.32 Å². The molecule has 0 atom stereocenters. The van der Waals surface area contributed by atoms with E-state index in [0.717, 1.165) is 22.5 Å². The van der Waals surface area contributed by atoms with Crippen LogP contribution in [-0.2, 0) is 11.3 Å². The number of carbonyl (C=O) groups is 1. The second kappa shape index (κ2) is 9.24. The predicted octanol–water partition coefficient (Wildman–Crippen LogP) is 3.23.